The van der Waals surface area contributed by atoms with E-state index in [0.717, 1.165) is 5.75 Å². The monoisotopic (exact) mass is 278 g/mol. The molecule has 0 atom stereocenters. The van der Waals surface area contributed by atoms with Crippen molar-refractivity contribution in [1.82, 2.24) is 0 Å². The summed E-state index contributed by atoms with van der Waals surface area (Å²) in [6, 6.07) is 8.21. The molecular formula is C16H22O4. The fraction of sp³-hybridized carbons (Fsp3) is 0.312. The summed E-state index contributed by atoms with van der Waals surface area (Å²) in [6.45, 7) is 6.45. The summed E-state index contributed by atoms with van der Waals surface area (Å²) in [5.74, 6) is 1.42. The molecule has 0 aliphatic carbocycles. The first-order valence-corrected chi connectivity index (χ1v) is 6.31. The number of methoxy groups -OCH3 is 1. The minimum atomic E-state index is -1.83. The van der Waals surface area contributed by atoms with Gasteiger partial charge in [-0.2, -0.15) is 0 Å². The Kier molecular flexibility index (Phi) is 8.59. The van der Waals surface area contributed by atoms with Crippen LogP contribution in [0.2, 0.25) is 0 Å². The summed E-state index contributed by atoms with van der Waals surface area (Å²) in [5.41, 5.74) is 2.61. The maximum atomic E-state index is 8.56. The predicted molar refractivity (Wildman–Crippen MR) is 81.3 cm³/mol. The second kappa shape index (κ2) is 9.67. The minimum absolute atomic E-state index is 0.518. The molecule has 0 saturated carbocycles. The highest BCUT2D eigenvalue weighted by Gasteiger charge is 2.05. The third-order valence-electron chi connectivity index (χ3n) is 2.51. The molecule has 110 valence electrons. The summed E-state index contributed by atoms with van der Waals surface area (Å²) in [4.78, 5) is 8.56. The molecule has 0 saturated heterocycles. The third-order valence-corrected chi connectivity index (χ3v) is 2.51. The highest BCUT2D eigenvalue weighted by molar-refractivity contribution is 5.68. The Balaban J connectivity index is 0.000000796. The van der Waals surface area contributed by atoms with Crippen LogP contribution < -0.4 is 4.74 Å². The highest BCUT2D eigenvalue weighted by atomic mass is 16.6. The number of hydrogen-bond acceptors (Lipinski definition) is 2. The smallest absolute Gasteiger partial charge is 0.497 e. The van der Waals surface area contributed by atoms with Crippen LogP contribution >= 0.6 is 0 Å². The van der Waals surface area contributed by atoms with E-state index in [9.17, 15) is 0 Å². The van der Waals surface area contributed by atoms with Crippen LogP contribution in [0.4, 0.5) is 4.79 Å². The van der Waals surface area contributed by atoms with Crippen molar-refractivity contribution >= 4 is 11.7 Å². The van der Waals surface area contributed by atoms with Gasteiger partial charge in [0.25, 0.3) is 0 Å². The summed E-state index contributed by atoms with van der Waals surface area (Å²) in [5, 5.41) is 13.9. The number of benzene rings is 1. The van der Waals surface area contributed by atoms with Gasteiger partial charge in [-0.25, -0.2) is 4.79 Å². The van der Waals surface area contributed by atoms with E-state index in [-0.39, 0.29) is 0 Å². The molecule has 1 rings (SSSR count). The molecule has 1 aromatic carbocycles. The number of allylic oxidation sites excluding steroid dienone is 4. The van der Waals surface area contributed by atoms with Gasteiger partial charge in [-0.15, -0.1) is 0 Å². The Hall–Kier alpha value is -2.23. The van der Waals surface area contributed by atoms with Crippen molar-refractivity contribution in [2.24, 2.45) is 5.92 Å². The van der Waals surface area contributed by atoms with E-state index in [4.69, 9.17) is 19.7 Å². The first kappa shape index (κ1) is 17.8. The van der Waals surface area contributed by atoms with Crippen molar-refractivity contribution in [3.63, 3.8) is 0 Å². The Morgan fingerprint density at radius 3 is 2.05 bits per heavy atom. The first-order chi connectivity index (χ1) is 9.42. The largest absolute Gasteiger partial charge is 0.503 e. The van der Waals surface area contributed by atoms with E-state index in [1.807, 2.05) is 25.1 Å². The van der Waals surface area contributed by atoms with Gasteiger partial charge >= 0.3 is 6.16 Å². The van der Waals surface area contributed by atoms with Crippen molar-refractivity contribution in [2.75, 3.05) is 7.11 Å². The normalized spacial score (nSPS) is 11.2. The van der Waals surface area contributed by atoms with Gasteiger partial charge in [-0.3, -0.25) is 0 Å². The number of carboxylic acid groups (broad SMARTS) is 2. The number of carbonyl (C=O) groups is 1. The standard InChI is InChI=1S/C15H20O.CH2O3/c1-5-6-7-15(12(2)3)13-8-10-14(16-4)11-9-13;2-1(3)4/h5-12H,1-4H3;(H2,2,3,4)/b6-5+,15-7-;. The van der Waals surface area contributed by atoms with E-state index in [2.05, 4.69) is 38.1 Å². The molecule has 0 bridgehead atoms. The molecule has 2 N–H and O–H groups in total. The van der Waals surface area contributed by atoms with Crippen LogP contribution in [0.15, 0.2) is 42.5 Å². The fourth-order valence-corrected chi connectivity index (χ4v) is 1.61. The lowest BCUT2D eigenvalue weighted by Gasteiger charge is -2.11. The molecule has 0 amide bonds. The molecule has 4 heteroatoms. The molecule has 0 aliphatic heterocycles. The van der Waals surface area contributed by atoms with E-state index in [1.165, 1.54) is 11.1 Å². The summed E-state index contributed by atoms with van der Waals surface area (Å²) >= 11 is 0. The van der Waals surface area contributed by atoms with Crippen LogP contribution in [-0.2, 0) is 0 Å². The van der Waals surface area contributed by atoms with Crippen molar-refractivity contribution < 1.29 is 19.7 Å². The van der Waals surface area contributed by atoms with Gasteiger partial charge in [0.15, 0.2) is 0 Å². The Morgan fingerprint density at radius 1 is 1.20 bits per heavy atom. The molecule has 0 fully saturated rings. The quantitative estimate of drug-likeness (QED) is 0.794. The number of ether oxygens (including phenoxy) is 1. The minimum Gasteiger partial charge on any atom is -0.497 e. The summed E-state index contributed by atoms with van der Waals surface area (Å²) in [7, 11) is 1.69. The van der Waals surface area contributed by atoms with E-state index >= 15 is 0 Å². The Morgan fingerprint density at radius 2 is 1.70 bits per heavy atom. The van der Waals surface area contributed by atoms with Gasteiger partial charge in [-0.1, -0.05) is 44.2 Å². The second-order valence-corrected chi connectivity index (χ2v) is 4.31. The molecular weight excluding hydrogens is 256 g/mol. The third kappa shape index (κ3) is 7.26. The first-order valence-electron chi connectivity index (χ1n) is 6.31. The summed E-state index contributed by atoms with van der Waals surface area (Å²) < 4.78 is 5.16. The van der Waals surface area contributed by atoms with Gasteiger partial charge in [0.2, 0.25) is 0 Å². The van der Waals surface area contributed by atoms with Crippen molar-refractivity contribution in [3.8, 4) is 5.75 Å². The SMILES string of the molecule is C/C=C/C=C(\c1ccc(OC)cc1)C(C)C.O=C(O)O. The average molecular weight is 278 g/mol. The van der Waals surface area contributed by atoms with Gasteiger partial charge in [0.05, 0.1) is 7.11 Å². The van der Waals surface area contributed by atoms with Crippen molar-refractivity contribution in [3.05, 3.63) is 48.1 Å². The molecule has 4 nitrogen and oxygen atoms in total. The van der Waals surface area contributed by atoms with Crippen LogP contribution in [0.5, 0.6) is 5.75 Å². The lowest BCUT2D eigenvalue weighted by atomic mass is 9.95. The predicted octanol–water partition coefficient (Wildman–Crippen LogP) is 4.53. The summed E-state index contributed by atoms with van der Waals surface area (Å²) in [6.07, 6.45) is 4.47. The molecule has 0 heterocycles. The Labute approximate surface area is 120 Å². The van der Waals surface area contributed by atoms with Crippen LogP contribution in [0, 0.1) is 5.92 Å². The molecule has 0 aliphatic rings. The zero-order valence-corrected chi connectivity index (χ0v) is 12.3. The molecule has 1 aromatic rings. The van der Waals surface area contributed by atoms with Gasteiger partial charge < -0.3 is 14.9 Å². The van der Waals surface area contributed by atoms with Crippen LogP contribution in [-0.4, -0.2) is 23.5 Å². The molecule has 0 radical (unpaired) electrons. The van der Waals surface area contributed by atoms with Crippen LogP contribution in [0.3, 0.4) is 0 Å². The van der Waals surface area contributed by atoms with Crippen molar-refractivity contribution in [2.45, 2.75) is 20.8 Å². The maximum absolute atomic E-state index is 8.56. The zero-order valence-electron chi connectivity index (χ0n) is 12.3. The number of hydrogen-bond donors (Lipinski definition) is 2. The van der Waals surface area contributed by atoms with Crippen LogP contribution in [0.25, 0.3) is 5.57 Å². The topological polar surface area (TPSA) is 66.8 Å². The highest BCUT2D eigenvalue weighted by Crippen LogP contribution is 2.25. The average Bonchev–Trinajstić information content (AvgIpc) is 2.39. The van der Waals surface area contributed by atoms with Gasteiger partial charge in [-0.05, 0) is 36.1 Å². The van der Waals surface area contributed by atoms with Crippen molar-refractivity contribution in [1.29, 1.82) is 0 Å². The second-order valence-electron chi connectivity index (χ2n) is 4.31. The van der Waals surface area contributed by atoms with Gasteiger partial charge in [0.1, 0.15) is 5.75 Å². The number of rotatable bonds is 4. The van der Waals surface area contributed by atoms with Crippen LogP contribution in [0.1, 0.15) is 26.3 Å². The Bertz CT molecular complexity index is 452. The van der Waals surface area contributed by atoms with Gasteiger partial charge in [0, 0.05) is 0 Å². The van der Waals surface area contributed by atoms with E-state index in [1.54, 1.807) is 7.11 Å². The molecule has 20 heavy (non-hydrogen) atoms. The molecule has 0 unspecified atom stereocenters. The molecule has 0 aromatic heterocycles. The maximum Gasteiger partial charge on any atom is 0.503 e. The molecule has 0 spiro atoms. The lowest BCUT2D eigenvalue weighted by Crippen LogP contribution is -1.93. The van der Waals surface area contributed by atoms with E-state index < -0.39 is 6.16 Å². The van der Waals surface area contributed by atoms with E-state index in [0.29, 0.717) is 5.92 Å². The lowest BCUT2D eigenvalue weighted by molar-refractivity contribution is 0.137. The zero-order chi connectivity index (χ0) is 15.5. The fourth-order valence-electron chi connectivity index (χ4n) is 1.61.